The maximum atomic E-state index is 13.4. The Morgan fingerprint density at radius 2 is 1.61 bits per heavy atom. The zero-order valence-electron chi connectivity index (χ0n) is 20.9. The van der Waals surface area contributed by atoms with E-state index in [1.807, 2.05) is 30.3 Å². The summed E-state index contributed by atoms with van der Waals surface area (Å²) in [5.41, 5.74) is 2.39. The lowest BCUT2D eigenvalue weighted by Gasteiger charge is -2.21. The number of benzene rings is 2. The fourth-order valence-corrected chi connectivity index (χ4v) is 5.84. The normalized spacial score (nSPS) is 24.6. The molecule has 2 heterocycles. The van der Waals surface area contributed by atoms with E-state index < -0.39 is 0 Å². The van der Waals surface area contributed by atoms with Crippen LogP contribution in [0.1, 0.15) is 30.4 Å². The molecule has 5 rings (SSSR count). The highest BCUT2D eigenvalue weighted by molar-refractivity contribution is 6.30. The molecular weight excluding hydrogens is 472 g/mol. The maximum Gasteiger partial charge on any atom is 0.225 e. The summed E-state index contributed by atoms with van der Waals surface area (Å²) in [4.78, 5) is 31.3. The van der Waals surface area contributed by atoms with Crippen LogP contribution >= 0.6 is 11.6 Å². The molecule has 2 aliphatic heterocycles. The van der Waals surface area contributed by atoms with Gasteiger partial charge in [-0.25, -0.2) is 0 Å². The maximum absolute atomic E-state index is 13.4. The number of carbonyl (C=O) groups is 2. The Balaban J connectivity index is 1.14. The lowest BCUT2D eigenvalue weighted by Crippen LogP contribution is -2.45. The van der Waals surface area contributed by atoms with Gasteiger partial charge in [0.2, 0.25) is 11.8 Å². The van der Waals surface area contributed by atoms with Crippen molar-refractivity contribution in [3.63, 3.8) is 0 Å². The molecule has 0 spiro atoms. The van der Waals surface area contributed by atoms with Crippen LogP contribution in [0.25, 0.3) is 0 Å². The summed E-state index contributed by atoms with van der Waals surface area (Å²) in [6, 6.07) is 18.3. The molecule has 7 heteroatoms. The number of hydrogen-bond donors (Lipinski definition) is 2. The molecule has 3 fully saturated rings. The third-order valence-electron chi connectivity index (χ3n) is 7.75. The molecule has 1 unspecified atom stereocenters. The summed E-state index contributed by atoms with van der Waals surface area (Å²) in [6.45, 7) is 5.64. The van der Waals surface area contributed by atoms with Gasteiger partial charge in [0.25, 0.3) is 0 Å². The predicted molar refractivity (Wildman–Crippen MR) is 143 cm³/mol. The van der Waals surface area contributed by atoms with E-state index in [1.165, 1.54) is 18.4 Å². The van der Waals surface area contributed by atoms with Crippen LogP contribution in [-0.2, 0) is 22.6 Å². The van der Waals surface area contributed by atoms with Crippen molar-refractivity contribution in [1.29, 1.82) is 0 Å². The van der Waals surface area contributed by atoms with Crippen LogP contribution in [0.15, 0.2) is 54.6 Å². The molecule has 2 N–H and O–H groups in total. The van der Waals surface area contributed by atoms with Gasteiger partial charge in [-0.15, -0.1) is 0 Å². The van der Waals surface area contributed by atoms with Gasteiger partial charge in [0.15, 0.2) is 0 Å². The molecule has 1 aliphatic carbocycles. The van der Waals surface area contributed by atoms with E-state index in [4.69, 9.17) is 11.6 Å². The largest absolute Gasteiger partial charge is 0.355 e. The van der Waals surface area contributed by atoms with Gasteiger partial charge < -0.3 is 15.5 Å². The first-order valence-electron chi connectivity index (χ1n) is 13.3. The number of nitrogens with zero attached hydrogens (tertiary/aromatic N) is 2. The Bertz CT molecular complexity index is 1040. The molecule has 3 atom stereocenters. The second kappa shape index (κ2) is 11.8. The molecular formula is C29H37ClN4O2. The van der Waals surface area contributed by atoms with Gasteiger partial charge in [-0.05, 0) is 54.9 Å². The quantitative estimate of drug-likeness (QED) is 0.516. The molecule has 0 radical (unpaired) electrons. The minimum Gasteiger partial charge on any atom is -0.355 e. The first kappa shape index (κ1) is 25.2. The van der Waals surface area contributed by atoms with E-state index in [0.29, 0.717) is 24.7 Å². The van der Waals surface area contributed by atoms with E-state index in [9.17, 15) is 9.59 Å². The van der Waals surface area contributed by atoms with Crippen LogP contribution < -0.4 is 10.6 Å². The minimum absolute atomic E-state index is 0.00685. The van der Waals surface area contributed by atoms with Crippen LogP contribution in [0.3, 0.4) is 0 Å². The Labute approximate surface area is 219 Å². The number of rotatable bonds is 10. The zero-order chi connectivity index (χ0) is 24.9. The second-order valence-corrected chi connectivity index (χ2v) is 11.2. The van der Waals surface area contributed by atoms with E-state index in [-0.39, 0.29) is 29.7 Å². The fraction of sp³-hybridized carbons (Fsp3) is 0.517. The molecule has 2 aromatic rings. The van der Waals surface area contributed by atoms with Gasteiger partial charge in [-0.1, -0.05) is 54.1 Å². The van der Waals surface area contributed by atoms with E-state index in [0.717, 1.165) is 50.5 Å². The smallest absolute Gasteiger partial charge is 0.225 e. The number of nitrogens with one attached hydrogen (secondary N) is 2. The van der Waals surface area contributed by atoms with Crippen molar-refractivity contribution in [2.45, 2.75) is 38.3 Å². The van der Waals surface area contributed by atoms with Gasteiger partial charge in [-0.3, -0.25) is 14.5 Å². The van der Waals surface area contributed by atoms with Crippen LogP contribution in [0.5, 0.6) is 0 Å². The number of carbonyl (C=O) groups excluding carboxylic acids is 2. The topological polar surface area (TPSA) is 64.7 Å². The van der Waals surface area contributed by atoms with Gasteiger partial charge in [0, 0.05) is 56.9 Å². The predicted octanol–water partition coefficient (Wildman–Crippen LogP) is 3.35. The van der Waals surface area contributed by atoms with Crippen LogP contribution in [0, 0.1) is 17.8 Å². The Kier molecular flexibility index (Phi) is 8.25. The second-order valence-electron chi connectivity index (χ2n) is 10.8. The molecule has 192 valence electrons. The van der Waals surface area contributed by atoms with Crippen molar-refractivity contribution >= 4 is 23.4 Å². The SMILES string of the molecule is O=C(NCCc1cccc(Cl)c1)[C@H]1CN(CC2CC2)C[C@H]1C(=O)NC1CCN(Cc2ccccc2)C1. The van der Waals surface area contributed by atoms with Crippen molar-refractivity contribution < 1.29 is 9.59 Å². The summed E-state index contributed by atoms with van der Waals surface area (Å²) in [7, 11) is 0. The highest BCUT2D eigenvalue weighted by Gasteiger charge is 2.43. The Morgan fingerprint density at radius 1 is 0.861 bits per heavy atom. The lowest BCUT2D eigenvalue weighted by atomic mass is 9.93. The van der Waals surface area contributed by atoms with Crippen LogP contribution in [-0.4, -0.2) is 66.9 Å². The summed E-state index contributed by atoms with van der Waals surface area (Å²) in [6.07, 6.45) is 4.21. The third kappa shape index (κ3) is 6.87. The van der Waals surface area contributed by atoms with Crippen molar-refractivity contribution in [3.05, 3.63) is 70.7 Å². The average Bonchev–Trinajstić information content (AvgIpc) is 3.40. The number of likely N-dealkylation sites (tertiary alicyclic amines) is 2. The monoisotopic (exact) mass is 508 g/mol. The first-order chi connectivity index (χ1) is 17.5. The van der Waals surface area contributed by atoms with E-state index in [1.54, 1.807) is 0 Å². The fourth-order valence-electron chi connectivity index (χ4n) is 5.63. The average molecular weight is 509 g/mol. The number of hydrogen-bond acceptors (Lipinski definition) is 4. The lowest BCUT2D eigenvalue weighted by molar-refractivity contribution is -0.133. The van der Waals surface area contributed by atoms with Crippen molar-refractivity contribution in [2.24, 2.45) is 17.8 Å². The molecule has 2 amide bonds. The molecule has 0 aromatic heterocycles. The number of halogens is 1. The standard InChI is InChI=1S/C29H37ClN4O2/c30-24-8-4-7-21(15-24)11-13-31-28(35)26-19-34(17-23-9-10-23)20-27(26)29(36)32-25-12-14-33(18-25)16-22-5-2-1-3-6-22/h1-8,15,23,25-27H,9-14,16-20H2,(H,31,35)(H,32,36)/t25?,26-,27+/m0/s1. The highest BCUT2D eigenvalue weighted by Crippen LogP contribution is 2.33. The summed E-state index contributed by atoms with van der Waals surface area (Å²) in [5, 5.41) is 7.10. The van der Waals surface area contributed by atoms with Crippen molar-refractivity contribution in [2.75, 3.05) is 39.3 Å². The Morgan fingerprint density at radius 3 is 2.36 bits per heavy atom. The molecule has 36 heavy (non-hydrogen) atoms. The van der Waals surface area contributed by atoms with Crippen molar-refractivity contribution in [1.82, 2.24) is 20.4 Å². The molecule has 1 saturated carbocycles. The minimum atomic E-state index is -0.301. The van der Waals surface area contributed by atoms with Crippen LogP contribution in [0.2, 0.25) is 5.02 Å². The van der Waals surface area contributed by atoms with Gasteiger partial charge in [0.1, 0.15) is 0 Å². The van der Waals surface area contributed by atoms with Crippen molar-refractivity contribution in [3.8, 4) is 0 Å². The molecule has 2 saturated heterocycles. The zero-order valence-corrected chi connectivity index (χ0v) is 21.6. The van der Waals surface area contributed by atoms with Gasteiger partial charge >= 0.3 is 0 Å². The van der Waals surface area contributed by atoms with Gasteiger partial charge in [0.05, 0.1) is 11.8 Å². The van der Waals surface area contributed by atoms with Gasteiger partial charge in [-0.2, -0.15) is 0 Å². The summed E-state index contributed by atoms with van der Waals surface area (Å²) < 4.78 is 0. The first-order valence-corrected chi connectivity index (χ1v) is 13.7. The molecule has 2 aromatic carbocycles. The van der Waals surface area contributed by atoms with E-state index >= 15 is 0 Å². The van der Waals surface area contributed by atoms with E-state index in [2.05, 4.69) is 44.7 Å². The molecule has 0 bridgehead atoms. The Hall–Kier alpha value is -2.41. The summed E-state index contributed by atoms with van der Waals surface area (Å²) >= 11 is 6.09. The van der Waals surface area contributed by atoms with Crippen LogP contribution in [0.4, 0.5) is 0 Å². The molecule has 6 nitrogen and oxygen atoms in total. The molecule has 3 aliphatic rings. The highest BCUT2D eigenvalue weighted by atomic mass is 35.5. The third-order valence-corrected chi connectivity index (χ3v) is 7.99. The summed E-state index contributed by atoms with van der Waals surface area (Å²) in [5.74, 6) is 0.171. The number of amides is 2.